The summed E-state index contributed by atoms with van der Waals surface area (Å²) in [5.41, 5.74) is 0. The molecule has 1 aromatic heterocycles. The van der Waals surface area contributed by atoms with E-state index in [1.165, 1.54) is 16.2 Å². The van der Waals surface area contributed by atoms with Crippen LogP contribution in [0.5, 0.6) is 0 Å². The Labute approximate surface area is 162 Å². The molecule has 0 spiro atoms. The van der Waals surface area contributed by atoms with Gasteiger partial charge in [-0.3, -0.25) is 0 Å². The van der Waals surface area contributed by atoms with Gasteiger partial charge in [0.2, 0.25) is 10.4 Å². The van der Waals surface area contributed by atoms with Gasteiger partial charge in [0, 0.05) is 25.3 Å². The largest absolute Gasteiger partial charge is 0.724 e. The Bertz CT molecular complexity index is 831. The Hall–Kier alpha value is -1.34. The molecule has 2 amide bonds. The van der Waals surface area contributed by atoms with Gasteiger partial charge in [0.25, 0.3) is 0 Å². The van der Waals surface area contributed by atoms with Crippen molar-refractivity contribution in [3.8, 4) is 0 Å². The Morgan fingerprint density at radius 2 is 1.81 bits per heavy atom. The highest BCUT2D eigenvalue weighted by Crippen LogP contribution is 2.41. The van der Waals surface area contributed by atoms with Crippen LogP contribution in [0, 0.1) is 0 Å². The maximum Gasteiger partial charge on any atom is 0.346 e. The Morgan fingerprint density at radius 1 is 1.15 bits per heavy atom. The van der Waals surface area contributed by atoms with E-state index in [1.807, 2.05) is 0 Å². The number of piperidine rings is 2. The molecule has 0 N–H and O–H groups in total. The molecular weight excluding hydrogens is 394 g/mol. The van der Waals surface area contributed by atoms with Crippen molar-refractivity contribution in [2.24, 2.45) is 0 Å². The van der Waals surface area contributed by atoms with E-state index in [1.54, 1.807) is 0 Å². The van der Waals surface area contributed by atoms with E-state index in [2.05, 4.69) is 28.6 Å². The molecule has 0 saturated carbocycles. The van der Waals surface area contributed by atoms with Gasteiger partial charge < -0.3 is 13.9 Å². The molecule has 0 aromatic carbocycles. The molecule has 3 aliphatic heterocycles. The SMILES string of the molecule is C[N+]1(C)CCC(c2nnc(C3CCC4CN3C(=O)N4OS(=O)(=O)[O-])s2)CC1. The van der Waals surface area contributed by atoms with Crippen LogP contribution in [-0.4, -0.2) is 83.4 Å². The number of quaternary nitrogens is 1. The zero-order chi connectivity index (χ0) is 19.4. The Kier molecular flexibility index (Phi) is 4.66. The van der Waals surface area contributed by atoms with Crippen molar-refractivity contribution in [2.75, 3.05) is 33.7 Å². The molecule has 0 aliphatic carbocycles. The summed E-state index contributed by atoms with van der Waals surface area (Å²) < 4.78 is 38.0. The minimum atomic E-state index is -4.98. The number of nitrogens with zero attached hydrogens (tertiary/aromatic N) is 5. The molecule has 3 saturated heterocycles. The predicted octanol–water partition coefficient (Wildman–Crippen LogP) is 0.825. The average Bonchev–Trinajstić information content (AvgIpc) is 3.15. The van der Waals surface area contributed by atoms with Crippen LogP contribution >= 0.6 is 11.3 Å². The third-order valence-electron chi connectivity index (χ3n) is 5.75. The fourth-order valence-electron chi connectivity index (χ4n) is 4.15. The topological polar surface area (TPSA) is 116 Å². The van der Waals surface area contributed by atoms with Gasteiger partial charge in [-0.2, -0.15) is 9.35 Å². The van der Waals surface area contributed by atoms with E-state index >= 15 is 0 Å². The first-order chi connectivity index (χ1) is 12.6. The van der Waals surface area contributed by atoms with Gasteiger partial charge in [-0.1, -0.05) is 11.3 Å². The molecule has 10 nitrogen and oxygen atoms in total. The summed E-state index contributed by atoms with van der Waals surface area (Å²) in [6.07, 6.45) is 3.32. The fourth-order valence-corrected chi connectivity index (χ4v) is 5.69. The van der Waals surface area contributed by atoms with E-state index in [-0.39, 0.29) is 6.04 Å². The third kappa shape index (κ3) is 3.81. The van der Waals surface area contributed by atoms with Crippen LogP contribution < -0.4 is 0 Å². The van der Waals surface area contributed by atoms with E-state index in [0.717, 1.165) is 40.4 Å². The number of hydroxylamine groups is 2. The second kappa shape index (κ2) is 6.62. The lowest BCUT2D eigenvalue weighted by atomic mass is 9.97. The molecule has 150 valence electrons. The maximum atomic E-state index is 12.5. The van der Waals surface area contributed by atoms with Gasteiger partial charge in [-0.15, -0.1) is 10.2 Å². The monoisotopic (exact) mass is 417 g/mol. The smallest absolute Gasteiger partial charge is 0.346 e. The van der Waals surface area contributed by atoms with Gasteiger partial charge in [-0.05, 0) is 12.8 Å². The van der Waals surface area contributed by atoms with Crippen molar-refractivity contribution in [3.63, 3.8) is 0 Å². The van der Waals surface area contributed by atoms with E-state index in [9.17, 15) is 17.8 Å². The Morgan fingerprint density at radius 3 is 2.48 bits per heavy atom. The Balaban J connectivity index is 1.48. The van der Waals surface area contributed by atoms with Crippen molar-refractivity contribution in [2.45, 2.75) is 43.7 Å². The second-order valence-electron chi connectivity index (χ2n) is 8.13. The number of carbonyl (C=O) groups excluding carboxylic acids is 1. The van der Waals surface area contributed by atoms with Gasteiger partial charge in [-0.25, -0.2) is 13.2 Å². The first-order valence-corrected chi connectivity index (χ1v) is 11.2. The second-order valence-corrected chi connectivity index (χ2v) is 10.1. The van der Waals surface area contributed by atoms with Crippen molar-refractivity contribution in [1.82, 2.24) is 20.2 Å². The van der Waals surface area contributed by atoms with Gasteiger partial charge in [0.05, 0.1) is 39.3 Å². The molecule has 3 fully saturated rings. The summed E-state index contributed by atoms with van der Waals surface area (Å²) in [6.45, 7) is 2.53. The molecule has 27 heavy (non-hydrogen) atoms. The first-order valence-electron chi connectivity index (χ1n) is 9.03. The third-order valence-corrected chi connectivity index (χ3v) is 7.28. The number of hydrogen-bond acceptors (Lipinski definition) is 8. The summed E-state index contributed by atoms with van der Waals surface area (Å²) in [7, 11) is -0.517. The fraction of sp³-hybridized carbons (Fsp3) is 0.800. The molecule has 2 bridgehead atoms. The highest BCUT2D eigenvalue weighted by molar-refractivity contribution is 7.80. The van der Waals surface area contributed by atoms with Crippen molar-refractivity contribution in [1.29, 1.82) is 0 Å². The van der Waals surface area contributed by atoms with Crippen LogP contribution in [0.1, 0.15) is 47.7 Å². The van der Waals surface area contributed by atoms with E-state index in [0.29, 0.717) is 30.4 Å². The summed E-state index contributed by atoms with van der Waals surface area (Å²) in [4.78, 5) is 14.0. The molecule has 0 radical (unpaired) electrons. The number of rotatable bonds is 4. The van der Waals surface area contributed by atoms with Gasteiger partial charge in [0.15, 0.2) is 0 Å². The van der Waals surface area contributed by atoms with Crippen molar-refractivity contribution in [3.05, 3.63) is 10.0 Å². The predicted molar refractivity (Wildman–Crippen MR) is 94.2 cm³/mol. The molecule has 4 heterocycles. The lowest BCUT2D eigenvalue weighted by Gasteiger charge is -2.36. The van der Waals surface area contributed by atoms with Crippen LogP contribution in [0.4, 0.5) is 4.79 Å². The zero-order valence-corrected chi connectivity index (χ0v) is 16.9. The molecule has 2 unspecified atom stereocenters. The number of aromatic nitrogens is 2. The number of fused-ring (bicyclic) bond motifs is 2. The van der Waals surface area contributed by atoms with Crippen molar-refractivity contribution >= 4 is 27.8 Å². The highest BCUT2D eigenvalue weighted by atomic mass is 32.3. The minimum absolute atomic E-state index is 0.251. The number of urea groups is 1. The average molecular weight is 418 g/mol. The summed E-state index contributed by atoms with van der Waals surface area (Å²) >= 11 is 1.54. The van der Waals surface area contributed by atoms with Crippen LogP contribution in [0.15, 0.2) is 0 Å². The van der Waals surface area contributed by atoms with E-state index < -0.39 is 22.5 Å². The minimum Gasteiger partial charge on any atom is -0.724 e. The summed E-state index contributed by atoms with van der Waals surface area (Å²) in [6, 6.07) is -1.28. The number of amides is 2. The van der Waals surface area contributed by atoms with E-state index in [4.69, 9.17) is 0 Å². The van der Waals surface area contributed by atoms with Gasteiger partial charge >= 0.3 is 6.03 Å². The molecule has 4 rings (SSSR count). The molecule has 1 aromatic rings. The zero-order valence-electron chi connectivity index (χ0n) is 15.3. The van der Waals surface area contributed by atoms with Crippen LogP contribution in [0.3, 0.4) is 0 Å². The number of likely N-dealkylation sites (tertiary alicyclic amines) is 1. The van der Waals surface area contributed by atoms with Crippen LogP contribution in [0.2, 0.25) is 0 Å². The molecular formula is C15H23N5O5S2. The van der Waals surface area contributed by atoms with Crippen molar-refractivity contribution < 1.29 is 26.5 Å². The van der Waals surface area contributed by atoms with Crippen LogP contribution in [-0.2, 0) is 14.7 Å². The number of hydrogen-bond donors (Lipinski definition) is 0. The van der Waals surface area contributed by atoms with Gasteiger partial charge in [0.1, 0.15) is 10.0 Å². The van der Waals surface area contributed by atoms with Crippen LogP contribution in [0.25, 0.3) is 0 Å². The quantitative estimate of drug-likeness (QED) is 0.405. The lowest BCUT2D eigenvalue weighted by Crippen LogP contribution is -2.45. The standard InChI is InChI=1S/C15H23N5O5S2/c1-20(2)7-5-10(6-8-20)13-16-17-14(26-13)12-4-3-11-9-18(12)15(21)19(11)25-27(22,23)24/h10-12H,3-9H2,1-2H3. The lowest BCUT2D eigenvalue weighted by molar-refractivity contribution is -0.895. The molecule has 3 aliphatic rings. The highest BCUT2D eigenvalue weighted by Gasteiger charge is 2.48. The first kappa shape index (κ1) is 19.0. The summed E-state index contributed by atoms with van der Waals surface area (Å²) in [5, 5.41) is 11.2. The molecule has 2 atom stereocenters. The number of carbonyl (C=O) groups is 1. The maximum absolute atomic E-state index is 12.5. The molecule has 12 heteroatoms. The normalized spacial score (nSPS) is 28.8. The summed E-state index contributed by atoms with van der Waals surface area (Å²) in [5.74, 6) is 0.401.